The zero-order valence-electron chi connectivity index (χ0n) is 17.9. The topological polar surface area (TPSA) is 81.3 Å². The van der Waals surface area contributed by atoms with Crippen molar-refractivity contribution in [3.8, 4) is 0 Å². The second-order valence-electron chi connectivity index (χ2n) is 7.81. The van der Waals surface area contributed by atoms with Crippen LogP contribution >= 0.6 is 0 Å². The number of rotatable bonds is 4. The maximum absolute atomic E-state index is 13.3. The number of hydrogen-bond donors (Lipinski definition) is 1. The Morgan fingerprint density at radius 2 is 2.06 bits per heavy atom. The summed E-state index contributed by atoms with van der Waals surface area (Å²) < 4.78 is 44.2. The van der Waals surface area contributed by atoms with E-state index in [4.69, 9.17) is 10.5 Å². The minimum atomic E-state index is -4.46. The molecule has 2 atom stereocenters. The lowest BCUT2D eigenvalue weighted by atomic mass is 9.99. The highest BCUT2D eigenvalue weighted by Gasteiger charge is 2.32. The van der Waals surface area contributed by atoms with Gasteiger partial charge in [-0.15, -0.1) is 0 Å². The predicted molar refractivity (Wildman–Crippen MR) is 114 cm³/mol. The van der Waals surface area contributed by atoms with Gasteiger partial charge in [-0.05, 0) is 56.7 Å². The molecule has 32 heavy (non-hydrogen) atoms. The average molecular weight is 444 g/mol. The first kappa shape index (κ1) is 22.0. The largest absolute Gasteiger partial charge is 0.417 e. The van der Waals surface area contributed by atoms with Crippen molar-refractivity contribution in [2.75, 3.05) is 12.3 Å². The van der Waals surface area contributed by atoms with Gasteiger partial charge in [-0.25, -0.2) is 4.98 Å². The molecule has 3 heterocycles. The van der Waals surface area contributed by atoms with Crippen LogP contribution in [0.2, 0.25) is 0 Å². The van der Waals surface area contributed by atoms with Crippen molar-refractivity contribution in [2.45, 2.75) is 45.7 Å². The van der Waals surface area contributed by atoms with Crippen LogP contribution in [0.3, 0.4) is 0 Å². The Hall–Kier alpha value is -3.20. The Kier molecular flexibility index (Phi) is 5.54. The zero-order valence-corrected chi connectivity index (χ0v) is 17.9. The van der Waals surface area contributed by atoms with E-state index in [1.165, 1.54) is 6.07 Å². The molecule has 2 aromatic heterocycles. The quantitative estimate of drug-likeness (QED) is 0.609. The fourth-order valence-corrected chi connectivity index (χ4v) is 4.14. The van der Waals surface area contributed by atoms with Crippen LogP contribution < -0.4 is 5.73 Å². The highest BCUT2D eigenvalue weighted by Crippen LogP contribution is 2.38. The van der Waals surface area contributed by atoms with Crippen LogP contribution in [-0.2, 0) is 17.5 Å². The summed E-state index contributed by atoms with van der Waals surface area (Å²) in [5.74, 6) is 0.176. The summed E-state index contributed by atoms with van der Waals surface area (Å²) in [6, 6.07) is 6.98. The minimum absolute atomic E-state index is 0.167. The second kappa shape index (κ2) is 8.05. The van der Waals surface area contributed by atoms with E-state index >= 15 is 0 Å². The van der Waals surface area contributed by atoms with Crippen LogP contribution in [0.4, 0.5) is 19.0 Å². The molecule has 1 aromatic carbocycles. The summed E-state index contributed by atoms with van der Waals surface area (Å²) in [4.78, 5) is 23.3. The number of halogens is 3. The van der Waals surface area contributed by atoms with Gasteiger partial charge in [0, 0.05) is 29.3 Å². The van der Waals surface area contributed by atoms with Crippen molar-refractivity contribution in [1.82, 2.24) is 14.9 Å². The molecule has 0 fully saturated rings. The highest BCUT2D eigenvalue weighted by atomic mass is 19.4. The van der Waals surface area contributed by atoms with E-state index in [1.807, 2.05) is 13.8 Å². The number of ether oxygens (including phenoxy) is 1. The molecule has 0 aliphatic carbocycles. The van der Waals surface area contributed by atoms with E-state index in [0.29, 0.717) is 35.7 Å². The maximum atomic E-state index is 13.3. The summed E-state index contributed by atoms with van der Waals surface area (Å²) in [6.07, 6.45) is -3.83. The van der Waals surface area contributed by atoms with Crippen LogP contribution in [0, 0.1) is 0 Å². The molecular formula is C23H23F3N4O2. The third-order valence-corrected chi connectivity index (χ3v) is 5.91. The van der Waals surface area contributed by atoms with Crippen molar-refractivity contribution < 1.29 is 22.7 Å². The van der Waals surface area contributed by atoms with Crippen LogP contribution in [0.5, 0.6) is 0 Å². The van der Waals surface area contributed by atoms with Crippen LogP contribution in [0.15, 0.2) is 36.5 Å². The average Bonchev–Trinajstić information content (AvgIpc) is 3.16. The molecule has 0 unspecified atom stereocenters. The standard InChI is InChI=1S/C23H23F3N4O2/c1-4-30(12(2)18-8-6-15(10-28-18)23(24,25)26)22(31)14-5-7-19-16(9-14)17-11-32-13(3)20(17)21(27)29-19/h5-10,12-13H,4,11H2,1-3H3,(H2,27,29)/t12-,13-/m1/s1. The van der Waals surface area contributed by atoms with E-state index in [9.17, 15) is 18.0 Å². The van der Waals surface area contributed by atoms with E-state index in [0.717, 1.165) is 28.8 Å². The van der Waals surface area contributed by atoms with Crippen LogP contribution in [-0.4, -0.2) is 27.3 Å². The monoisotopic (exact) mass is 444 g/mol. The van der Waals surface area contributed by atoms with Crippen LogP contribution in [0.1, 0.15) is 65.7 Å². The number of aromatic nitrogens is 2. The number of anilines is 1. The number of nitrogens with two attached hydrogens (primary N) is 1. The maximum Gasteiger partial charge on any atom is 0.417 e. The minimum Gasteiger partial charge on any atom is -0.383 e. The van der Waals surface area contributed by atoms with Gasteiger partial charge in [0.2, 0.25) is 0 Å². The molecule has 4 rings (SSSR count). The van der Waals surface area contributed by atoms with Gasteiger partial charge in [-0.1, -0.05) is 0 Å². The molecule has 6 nitrogen and oxygen atoms in total. The van der Waals surface area contributed by atoms with Crippen molar-refractivity contribution in [3.05, 3.63) is 64.5 Å². The molecule has 9 heteroatoms. The molecule has 1 aliphatic rings. The fourth-order valence-electron chi connectivity index (χ4n) is 4.14. The van der Waals surface area contributed by atoms with Gasteiger partial charge in [0.05, 0.1) is 35.5 Å². The smallest absolute Gasteiger partial charge is 0.383 e. The van der Waals surface area contributed by atoms with Gasteiger partial charge in [0.15, 0.2) is 0 Å². The summed E-state index contributed by atoms with van der Waals surface area (Å²) in [5, 5.41) is 0.806. The summed E-state index contributed by atoms with van der Waals surface area (Å²) in [5.41, 5.74) is 8.55. The van der Waals surface area contributed by atoms with Crippen molar-refractivity contribution in [1.29, 1.82) is 0 Å². The van der Waals surface area contributed by atoms with Gasteiger partial charge >= 0.3 is 6.18 Å². The molecule has 2 N–H and O–H groups in total. The number of fused-ring (bicyclic) bond motifs is 3. The van der Waals surface area contributed by atoms with Crippen molar-refractivity contribution >= 4 is 22.6 Å². The molecule has 0 radical (unpaired) electrons. The van der Waals surface area contributed by atoms with E-state index in [2.05, 4.69) is 9.97 Å². The van der Waals surface area contributed by atoms with Gasteiger partial charge in [0.1, 0.15) is 5.82 Å². The van der Waals surface area contributed by atoms with Gasteiger partial charge < -0.3 is 15.4 Å². The number of hydrogen-bond acceptors (Lipinski definition) is 5. The summed E-state index contributed by atoms with van der Waals surface area (Å²) in [7, 11) is 0. The lowest BCUT2D eigenvalue weighted by Gasteiger charge is -2.28. The molecule has 1 amide bonds. The number of carbonyl (C=O) groups excluding carboxylic acids is 1. The lowest BCUT2D eigenvalue weighted by molar-refractivity contribution is -0.137. The highest BCUT2D eigenvalue weighted by molar-refractivity contribution is 5.99. The third-order valence-electron chi connectivity index (χ3n) is 5.91. The number of pyridine rings is 2. The van der Waals surface area contributed by atoms with E-state index in [1.54, 1.807) is 30.0 Å². The predicted octanol–water partition coefficient (Wildman–Crippen LogP) is 5.05. The summed E-state index contributed by atoms with van der Waals surface area (Å²) >= 11 is 0. The van der Waals surface area contributed by atoms with Crippen molar-refractivity contribution in [3.63, 3.8) is 0 Å². The van der Waals surface area contributed by atoms with Crippen LogP contribution in [0.25, 0.3) is 10.9 Å². The first-order valence-corrected chi connectivity index (χ1v) is 10.3. The Bertz CT molecular complexity index is 1180. The Labute approximate surface area is 183 Å². The molecule has 0 spiro atoms. The molecule has 168 valence electrons. The molecule has 0 saturated heterocycles. The number of carbonyl (C=O) groups is 1. The third kappa shape index (κ3) is 3.77. The molecule has 1 aliphatic heterocycles. The number of nitrogen functional groups attached to an aromatic ring is 1. The molecule has 0 saturated carbocycles. The molecule has 0 bridgehead atoms. The number of benzene rings is 1. The Morgan fingerprint density at radius 3 is 2.69 bits per heavy atom. The lowest BCUT2D eigenvalue weighted by Crippen LogP contribution is -2.34. The Balaban J connectivity index is 1.67. The number of alkyl halides is 3. The van der Waals surface area contributed by atoms with E-state index < -0.39 is 17.8 Å². The SMILES string of the molecule is CCN(C(=O)c1ccc2nc(N)c3c(c2c1)CO[C@@H]3C)[C@H](C)c1ccc(C(F)(F)F)cn1. The second-order valence-corrected chi connectivity index (χ2v) is 7.81. The molecular weight excluding hydrogens is 421 g/mol. The normalized spacial score (nSPS) is 16.8. The number of nitrogens with zero attached hydrogens (tertiary/aromatic N) is 3. The van der Waals surface area contributed by atoms with Gasteiger partial charge in [0.25, 0.3) is 5.91 Å². The first-order valence-electron chi connectivity index (χ1n) is 10.3. The first-order chi connectivity index (χ1) is 15.1. The summed E-state index contributed by atoms with van der Waals surface area (Å²) in [6.45, 7) is 6.21. The zero-order chi connectivity index (χ0) is 23.2. The van der Waals surface area contributed by atoms with Crippen molar-refractivity contribution in [2.24, 2.45) is 0 Å². The number of amides is 1. The Morgan fingerprint density at radius 1 is 1.31 bits per heavy atom. The van der Waals surface area contributed by atoms with Gasteiger partial charge in [-0.2, -0.15) is 13.2 Å². The fraction of sp³-hybridized carbons (Fsp3) is 0.348. The van der Waals surface area contributed by atoms with Gasteiger partial charge in [-0.3, -0.25) is 9.78 Å². The molecule has 3 aromatic rings. The van der Waals surface area contributed by atoms with E-state index in [-0.39, 0.29) is 12.0 Å².